The second-order valence-electron chi connectivity index (χ2n) is 5.19. The third kappa shape index (κ3) is 7.23. The maximum absolute atomic E-state index is 11.7. The third-order valence-electron chi connectivity index (χ3n) is 2.83. The molecule has 3 nitrogen and oxygen atoms in total. The molecule has 0 saturated heterocycles. The van der Waals surface area contributed by atoms with E-state index >= 15 is 0 Å². The Labute approximate surface area is 119 Å². The predicted octanol–water partition coefficient (Wildman–Crippen LogP) is 2.24. The number of thioether (sulfide) groups is 1. The van der Waals surface area contributed by atoms with Crippen molar-refractivity contribution in [1.82, 2.24) is 5.32 Å². The topological polar surface area (TPSA) is 49.3 Å². The fourth-order valence-electron chi connectivity index (χ4n) is 1.76. The maximum Gasteiger partial charge on any atom is 0.230 e. The Balaban J connectivity index is 2.17. The van der Waals surface area contributed by atoms with Crippen molar-refractivity contribution in [2.24, 2.45) is 0 Å². The number of carbonyl (C=O) groups excluding carboxylic acids is 1. The summed E-state index contributed by atoms with van der Waals surface area (Å²) in [6, 6.07) is 10.3. The monoisotopic (exact) mass is 281 g/mol. The number of aliphatic hydroxyl groups excluding tert-OH is 1. The molecule has 0 bridgehead atoms. The molecule has 0 heterocycles. The summed E-state index contributed by atoms with van der Waals surface area (Å²) in [6.45, 7) is 3.94. The van der Waals surface area contributed by atoms with Crippen LogP contribution in [-0.4, -0.2) is 34.7 Å². The zero-order chi connectivity index (χ0) is 14.1. The van der Waals surface area contributed by atoms with Gasteiger partial charge in [-0.2, -0.15) is 11.8 Å². The van der Waals surface area contributed by atoms with E-state index in [0.717, 1.165) is 12.2 Å². The van der Waals surface area contributed by atoms with E-state index < -0.39 is 0 Å². The summed E-state index contributed by atoms with van der Waals surface area (Å²) >= 11 is 1.64. The zero-order valence-corrected chi connectivity index (χ0v) is 12.5. The van der Waals surface area contributed by atoms with Crippen molar-refractivity contribution in [1.29, 1.82) is 0 Å². The molecule has 106 valence electrons. The molecule has 1 aromatic rings. The molecule has 0 aliphatic heterocycles. The Kier molecular flexibility index (Phi) is 6.95. The Morgan fingerprint density at radius 3 is 2.63 bits per heavy atom. The molecular weight excluding hydrogens is 258 g/mol. The molecule has 0 fully saturated rings. The van der Waals surface area contributed by atoms with Gasteiger partial charge in [0.15, 0.2) is 0 Å². The second kappa shape index (κ2) is 8.23. The largest absolute Gasteiger partial charge is 0.396 e. The van der Waals surface area contributed by atoms with Crippen LogP contribution in [0, 0.1) is 0 Å². The lowest BCUT2D eigenvalue weighted by Gasteiger charge is -2.25. The lowest BCUT2D eigenvalue weighted by atomic mass is 10.0. The highest BCUT2D eigenvalue weighted by atomic mass is 32.2. The first-order chi connectivity index (χ1) is 9.03. The first-order valence-corrected chi connectivity index (χ1v) is 7.72. The van der Waals surface area contributed by atoms with E-state index in [1.807, 2.05) is 32.0 Å². The van der Waals surface area contributed by atoms with Crippen LogP contribution in [0.2, 0.25) is 0 Å². The van der Waals surface area contributed by atoms with Crippen molar-refractivity contribution >= 4 is 17.7 Å². The van der Waals surface area contributed by atoms with Crippen molar-refractivity contribution in [2.45, 2.75) is 32.2 Å². The van der Waals surface area contributed by atoms with Crippen molar-refractivity contribution in [3.05, 3.63) is 35.9 Å². The van der Waals surface area contributed by atoms with Crippen molar-refractivity contribution in [3.63, 3.8) is 0 Å². The molecule has 2 N–H and O–H groups in total. The average Bonchev–Trinajstić information content (AvgIpc) is 2.35. The SMILES string of the molecule is CC(C)(CCO)NC(=O)CSCCc1ccccc1. The summed E-state index contributed by atoms with van der Waals surface area (Å²) in [5.74, 6) is 1.45. The minimum Gasteiger partial charge on any atom is -0.396 e. The molecule has 0 atom stereocenters. The van der Waals surface area contributed by atoms with E-state index in [9.17, 15) is 4.79 Å². The van der Waals surface area contributed by atoms with E-state index in [1.165, 1.54) is 5.56 Å². The fourth-order valence-corrected chi connectivity index (χ4v) is 2.54. The Morgan fingerprint density at radius 1 is 1.32 bits per heavy atom. The number of aliphatic hydroxyl groups is 1. The normalized spacial score (nSPS) is 11.3. The number of benzene rings is 1. The van der Waals surface area contributed by atoms with Crippen LogP contribution in [0.1, 0.15) is 25.8 Å². The summed E-state index contributed by atoms with van der Waals surface area (Å²) in [7, 11) is 0. The number of carbonyl (C=O) groups is 1. The summed E-state index contributed by atoms with van der Waals surface area (Å²) in [5.41, 5.74) is 0.974. The summed E-state index contributed by atoms with van der Waals surface area (Å²) in [5, 5.41) is 11.8. The Morgan fingerprint density at radius 2 is 2.00 bits per heavy atom. The van der Waals surface area contributed by atoms with Crippen LogP contribution >= 0.6 is 11.8 Å². The van der Waals surface area contributed by atoms with Crippen LogP contribution in [0.3, 0.4) is 0 Å². The van der Waals surface area contributed by atoms with Crippen LogP contribution < -0.4 is 5.32 Å². The Bertz CT molecular complexity index is 379. The number of hydrogen-bond acceptors (Lipinski definition) is 3. The van der Waals surface area contributed by atoms with E-state index in [0.29, 0.717) is 12.2 Å². The van der Waals surface area contributed by atoms with Crippen molar-refractivity contribution in [3.8, 4) is 0 Å². The minimum absolute atomic E-state index is 0.0384. The van der Waals surface area contributed by atoms with Crippen LogP contribution in [0.4, 0.5) is 0 Å². The van der Waals surface area contributed by atoms with Gasteiger partial charge in [0.05, 0.1) is 5.75 Å². The van der Waals surface area contributed by atoms with Gasteiger partial charge in [-0.05, 0) is 38.0 Å². The van der Waals surface area contributed by atoms with Gasteiger partial charge in [0.25, 0.3) is 0 Å². The molecule has 0 saturated carbocycles. The van der Waals surface area contributed by atoms with Gasteiger partial charge >= 0.3 is 0 Å². The minimum atomic E-state index is -0.328. The highest BCUT2D eigenvalue weighted by Crippen LogP contribution is 2.10. The molecule has 0 aromatic heterocycles. The Hall–Kier alpha value is -1.00. The molecule has 1 aromatic carbocycles. The molecule has 1 amide bonds. The average molecular weight is 281 g/mol. The first kappa shape index (κ1) is 16.1. The van der Waals surface area contributed by atoms with E-state index in [1.54, 1.807) is 11.8 Å². The maximum atomic E-state index is 11.7. The second-order valence-corrected chi connectivity index (χ2v) is 6.30. The van der Waals surface area contributed by atoms with E-state index in [-0.39, 0.29) is 18.1 Å². The quantitative estimate of drug-likeness (QED) is 0.719. The van der Waals surface area contributed by atoms with Gasteiger partial charge in [0, 0.05) is 12.1 Å². The van der Waals surface area contributed by atoms with Gasteiger partial charge in [-0.15, -0.1) is 0 Å². The van der Waals surface area contributed by atoms with E-state index in [2.05, 4.69) is 17.4 Å². The first-order valence-electron chi connectivity index (χ1n) is 6.57. The van der Waals surface area contributed by atoms with Gasteiger partial charge in [0.1, 0.15) is 0 Å². The highest BCUT2D eigenvalue weighted by Gasteiger charge is 2.19. The number of nitrogens with one attached hydrogen (secondary N) is 1. The fraction of sp³-hybridized carbons (Fsp3) is 0.533. The van der Waals surface area contributed by atoms with Crippen molar-refractivity contribution in [2.75, 3.05) is 18.1 Å². The number of hydrogen-bond donors (Lipinski definition) is 2. The number of aryl methyl sites for hydroxylation is 1. The molecule has 0 aliphatic carbocycles. The highest BCUT2D eigenvalue weighted by molar-refractivity contribution is 7.99. The van der Waals surface area contributed by atoms with Crippen LogP contribution in [0.5, 0.6) is 0 Å². The summed E-state index contributed by atoms with van der Waals surface area (Å²) in [4.78, 5) is 11.7. The molecule has 1 rings (SSSR count). The molecule has 0 spiro atoms. The van der Waals surface area contributed by atoms with Gasteiger partial charge < -0.3 is 10.4 Å². The van der Waals surface area contributed by atoms with Crippen LogP contribution in [0.15, 0.2) is 30.3 Å². The summed E-state index contributed by atoms with van der Waals surface area (Å²) in [6.07, 6.45) is 1.56. The van der Waals surface area contributed by atoms with Crippen LogP contribution in [0.25, 0.3) is 0 Å². The molecule has 19 heavy (non-hydrogen) atoms. The summed E-state index contributed by atoms with van der Waals surface area (Å²) < 4.78 is 0. The van der Waals surface area contributed by atoms with Gasteiger partial charge in [-0.25, -0.2) is 0 Å². The van der Waals surface area contributed by atoms with E-state index in [4.69, 9.17) is 5.11 Å². The zero-order valence-electron chi connectivity index (χ0n) is 11.7. The van der Waals surface area contributed by atoms with Gasteiger partial charge in [-0.1, -0.05) is 30.3 Å². The standard InChI is InChI=1S/C15H23NO2S/c1-15(2,9-10-17)16-14(18)12-19-11-8-13-6-4-3-5-7-13/h3-7,17H,8-12H2,1-2H3,(H,16,18). The lowest BCUT2D eigenvalue weighted by molar-refractivity contribution is -0.120. The van der Waals surface area contributed by atoms with Gasteiger partial charge in [0.2, 0.25) is 5.91 Å². The lowest BCUT2D eigenvalue weighted by Crippen LogP contribution is -2.44. The number of rotatable bonds is 8. The number of amides is 1. The molecule has 4 heteroatoms. The predicted molar refractivity (Wildman–Crippen MR) is 81.4 cm³/mol. The molecule has 0 radical (unpaired) electrons. The third-order valence-corrected chi connectivity index (χ3v) is 3.78. The molecule has 0 aliphatic rings. The molecular formula is C15H23NO2S. The smallest absolute Gasteiger partial charge is 0.230 e. The van der Waals surface area contributed by atoms with Crippen LogP contribution in [-0.2, 0) is 11.2 Å². The van der Waals surface area contributed by atoms with Crippen molar-refractivity contribution < 1.29 is 9.90 Å². The van der Waals surface area contributed by atoms with Gasteiger partial charge in [-0.3, -0.25) is 4.79 Å². The molecule has 0 unspecified atom stereocenters.